The number of rotatable bonds is 5. The lowest BCUT2D eigenvalue weighted by atomic mass is 10.2. The smallest absolute Gasteiger partial charge is 0.410 e. The summed E-state index contributed by atoms with van der Waals surface area (Å²) in [4.78, 5) is 17.0. The van der Waals surface area contributed by atoms with Gasteiger partial charge >= 0.3 is 6.09 Å². The van der Waals surface area contributed by atoms with Crippen molar-refractivity contribution in [3.8, 4) is 17.1 Å². The van der Waals surface area contributed by atoms with Crippen LogP contribution in [0.5, 0.6) is 5.75 Å². The molecule has 0 radical (unpaired) electrons. The molecule has 0 unspecified atom stereocenters. The lowest BCUT2D eigenvalue weighted by molar-refractivity contribution is 0.215. The standard InChI is InChI=1S/C27H21N3O2/c31-27(28-22-11-5-2-6-12-22)32-23-17-15-21(16-18-23)26-29-24-13-7-8-14-25(24)30(26)19-20-9-3-1-4-10-20/h1-18H,19H2,(H,28,31). The molecule has 156 valence electrons. The zero-order valence-electron chi connectivity index (χ0n) is 17.3. The summed E-state index contributed by atoms with van der Waals surface area (Å²) in [5.41, 5.74) is 4.86. The molecule has 5 rings (SSSR count). The number of nitrogens with zero attached hydrogens (tertiary/aromatic N) is 2. The highest BCUT2D eigenvalue weighted by atomic mass is 16.6. The number of amides is 1. The predicted molar refractivity (Wildman–Crippen MR) is 127 cm³/mol. The molecule has 0 bridgehead atoms. The molecule has 1 amide bonds. The highest BCUT2D eigenvalue weighted by Crippen LogP contribution is 2.27. The maximum Gasteiger partial charge on any atom is 0.417 e. The van der Waals surface area contributed by atoms with E-state index < -0.39 is 6.09 Å². The molecule has 0 aliphatic rings. The van der Waals surface area contributed by atoms with Crippen LogP contribution < -0.4 is 10.1 Å². The number of hydrogen-bond acceptors (Lipinski definition) is 3. The fourth-order valence-corrected chi connectivity index (χ4v) is 3.67. The average Bonchev–Trinajstić information content (AvgIpc) is 3.19. The molecule has 5 aromatic rings. The van der Waals surface area contributed by atoms with Crippen molar-refractivity contribution in [1.29, 1.82) is 0 Å². The van der Waals surface area contributed by atoms with E-state index in [4.69, 9.17) is 9.72 Å². The van der Waals surface area contributed by atoms with Crippen molar-refractivity contribution < 1.29 is 9.53 Å². The molecule has 0 aliphatic heterocycles. The highest BCUT2D eigenvalue weighted by molar-refractivity contribution is 5.86. The first kappa shape index (κ1) is 19.6. The van der Waals surface area contributed by atoms with Crippen molar-refractivity contribution in [3.05, 3.63) is 115 Å². The maximum atomic E-state index is 12.2. The molecular weight excluding hydrogens is 398 g/mol. The number of carbonyl (C=O) groups excluding carboxylic acids is 1. The number of aromatic nitrogens is 2. The molecule has 5 nitrogen and oxygen atoms in total. The minimum absolute atomic E-state index is 0.466. The van der Waals surface area contributed by atoms with Crippen molar-refractivity contribution in [2.75, 3.05) is 5.32 Å². The van der Waals surface area contributed by atoms with E-state index in [9.17, 15) is 4.79 Å². The third kappa shape index (κ3) is 4.23. The second-order valence-electron chi connectivity index (χ2n) is 7.40. The lowest BCUT2D eigenvalue weighted by Crippen LogP contribution is -2.16. The predicted octanol–water partition coefficient (Wildman–Crippen LogP) is 6.36. The molecule has 32 heavy (non-hydrogen) atoms. The summed E-state index contributed by atoms with van der Waals surface area (Å²) in [7, 11) is 0. The van der Waals surface area contributed by atoms with Crippen LogP contribution in [0.1, 0.15) is 5.56 Å². The van der Waals surface area contributed by atoms with Crippen LogP contribution in [-0.2, 0) is 6.54 Å². The molecule has 1 heterocycles. The van der Waals surface area contributed by atoms with Gasteiger partial charge in [0.15, 0.2) is 0 Å². The fourth-order valence-electron chi connectivity index (χ4n) is 3.67. The van der Waals surface area contributed by atoms with Gasteiger partial charge in [0.05, 0.1) is 11.0 Å². The lowest BCUT2D eigenvalue weighted by Gasteiger charge is -2.11. The Hall–Kier alpha value is -4.38. The number of carbonyl (C=O) groups is 1. The third-order valence-corrected chi connectivity index (χ3v) is 5.18. The van der Waals surface area contributed by atoms with Gasteiger partial charge in [-0.3, -0.25) is 5.32 Å². The number of benzene rings is 4. The van der Waals surface area contributed by atoms with Crippen molar-refractivity contribution in [2.24, 2.45) is 0 Å². The summed E-state index contributed by atoms with van der Waals surface area (Å²) in [6.45, 7) is 0.717. The Bertz CT molecular complexity index is 1340. The van der Waals surface area contributed by atoms with Gasteiger partial charge in [-0.15, -0.1) is 0 Å². The van der Waals surface area contributed by atoms with Gasteiger partial charge in [-0.2, -0.15) is 0 Å². The average molecular weight is 419 g/mol. The molecule has 0 saturated carbocycles. The second-order valence-corrected chi connectivity index (χ2v) is 7.40. The van der Waals surface area contributed by atoms with Crippen LogP contribution in [-0.4, -0.2) is 15.6 Å². The van der Waals surface area contributed by atoms with E-state index in [1.54, 1.807) is 12.1 Å². The van der Waals surface area contributed by atoms with Crippen LogP contribution in [0.4, 0.5) is 10.5 Å². The SMILES string of the molecule is O=C(Nc1ccccc1)Oc1ccc(-c2nc3ccccc3n2Cc2ccccc2)cc1. The normalized spacial score (nSPS) is 10.8. The van der Waals surface area contributed by atoms with Crippen molar-refractivity contribution >= 4 is 22.8 Å². The van der Waals surface area contributed by atoms with Gasteiger partial charge < -0.3 is 9.30 Å². The van der Waals surface area contributed by atoms with Gasteiger partial charge in [0, 0.05) is 17.8 Å². The van der Waals surface area contributed by atoms with E-state index in [2.05, 4.69) is 28.1 Å². The van der Waals surface area contributed by atoms with E-state index in [-0.39, 0.29) is 0 Å². The summed E-state index contributed by atoms with van der Waals surface area (Å²) in [6, 6.07) is 35.1. The van der Waals surface area contributed by atoms with E-state index in [0.29, 0.717) is 18.0 Å². The van der Waals surface area contributed by atoms with Crippen LogP contribution in [0, 0.1) is 0 Å². The number of ether oxygens (including phenoxy) is 1. The van der Waals surface area contributed by atoms with Crippen molar-refractivity contribution in [1.82, 2.24) is 9.55 Å². The van der Waals surface area contributed by atoms with Crippen LogP contribution in [0.25, 0.3) is 22.4 Å². The number of imidazole rings is 1. The molecule has 4 aromatic carbocycles. The molecule has 0 fully saturated rings. The van der Waals surface area contributed by atoms with Crippen molar-refractivity contribution in [3.63, 3.8) is 0 Å². The summed E-state index contributed by atoms with van der Waals surface area (Å²) >= 11 is 0. The molecule has 0 atom stereocenters. The van der Waals surface area contributed by atoms with E-state index in [1.165, 1.54) is 5.56 Å². The summed E-state index contributed by atoms with van der Waals surface area (Å²) in [5, 5.41) is 2.71. The number of para-hydroxylation sites is 3. The number of hydrogen-bond donors (Lipinski definition) is 1. The van der Waals surface area contributed by atoms with Gasteiger partial charge in [-0.1, -0.05) is 60.7 Å². The van der Waals surface area contributed by atoms with Gasteiger partial charge in [0.1, 0.15) is 11.6 Å². The fraction of sp³-hybridized carbons (Fsp3) is 0.0370. The molecule has 0 aliphatic carbocycles. The second kappa shape index (κ2) is 8.78. The van der Waals surface area contributed by atoms with Crippen LogP contribution >= 0.6 is 0 Å². The maximum absolute atomic E-state index is 12.2. The van der Waals surface area contributed by atoms with Crippen LogP contribution in [0.3, 0.4) is 0 Å². The monoisotopic (exact) mass is 419 g/mol. The topological polar surface area (TPSA) is 56.1 Å². The van der Waals surface area contributed by atoms with Gasteiger partial charge in [-0.05, 0) is 54.1 Å². The van der Waals surface area contributed by atoms with Gasteiger partial charge in [0.25, 0.3) is 0 Å². The zero-order chi connectivity index (χ0) is 21.8. The Morgan fingerprint density at radius 3 is 2.19 bits per heavy atom. The zero-order valence-corrected chi connectivity index (χ0v) is 17.3. The summed E-state index contributed by atoms with van der Waals surface area (Å²) in [5.74, 6) is 1.34. The van der Waals surface area contributed by atoms with E-state index >= 15 is 0 Å². The summed E-state index contributed by atoms with van der Waals surface area (Å²) < 4.78 is 7.63. The molecule has 5 heteroatoms. The largest absolute Gasteiger partial charge is 0.417 e. The molecule has 0 saturated heterocycles. The van der Waals surface area contributed by atoms with Crippen LogP contribution in [0.2, 0.25) is 0 Å². The van der Waals surface area contributed by atoms with Gasteiger partial charge in [-0.25, -0.2) is 9.78 Å². The summed E-state index contributed by atoms with van der Waals surface area (Å²) in [6.07, 6.45) is -0.528. The molecule has 1 N–H and O–H groups in total. The van der Waals surface area contributed by atoms with Crippen molar-refractivity contribution in [2.45, 2.75) is 6.54 Å². The molecular formula is C27H21N3O2. The number of fused-ring (bicyclic) bond motifs is 1. The quantitative estimate of drug-likeness (QED) is 0.360. The Labute approximate surface area is 185 Å². The minimum atomic E-state index is -0.528. The Morgan fingerprint density at radius 1 is 0.781 bits per heavy atom. The minimum Gasteiger partial charge on any atom is -0.410 e. The third-order valence-electron chi connectivity index (χ3n) is 5.18. The van der Waals surface area contributed by atoms with Crippen LogP contribution in [0.15, 0.2) is 109 Å². The number of anilines is 1. The number of nitrogens with one attached hydrogen (secondary N) is 1. The van der Waals surface area contributed by atoms with Gasteiger partial charge in [0.2, 0.25) is 0 Å². The van der Waals surface area contributed by atoms with E-state index in [0.717, 1.165) is 22.4 Å². The highest BCUT2D eigenvalue weighted by Gasteiger charge is 2.13. The Kier molecular flexibility index (Phi) is 5.37. The first-order valence-electron chi connectivity index (χ1n) is 10.4. The molecule has 1 aromatic heterocycles. The Morgan fingerprint density at radius 2 is 1.44 bits per heavy atom. The first-order chi connectivity index (χ1) is 15.8. The van der Waals surface area contributed by atoms with E-state index in [1.807, 2.05) is 78.9 Å². The Balaban J connectivity index is 1.40. The molecule has 0 spiro atoms. The first-order valence-corrected chi connectivity index (χ1v) is 10.4.